The first-order valence-corrected chi connectivity index (χ1v) is 8.88. The van der Waals surface area contributed by atoms with Crippen molar-refractivity contribution in [3.8, 4) is 0 Å². The van der Waals surface area contributed by atoms with Gasteiger partial charge in [-0.05, 0) is 41.7 Å². The van der Waals surface area contributed by atoms with Crippen molar-refractivity contribution >= 4 is 17.3 Å². The predicted octanol–water partition coefficient (Wildman–Crippen LogP) is 6.05. The van der Waals surface area contributed by atoms with Gasteiger partial charge in [0.25, 0.3) is 5.60 Å². The van der Waals surface area contributed by atoms with Gasteiger partial charge in [0.05, 0.1) is 5.71 Å². The van der Waals surface area contributed by atoms with Crippen LogP contribution in [0.5, 0.6) is 0 Å². The average Bonchev–Trinajstić information content (AvgIpc) is 3.08. The van der Waals surface area contributed by atoms with Gasteiger partial charge >= 0.3 is 6.18 Å². The first kappa shape index (κ1) is 18.8. The van der Waals surface area contributed by atoms with Gasteiger partial charge < -0.3 is 4.84 Å². The third kappa shape index (κ3) is 3.32. The Morgan fingerprint density at radius 1 is 1.04 bits per heavy atom. The number of hydrogen-bond donors (Lipinski definition) is 0. The molecule has 0 bridgehead atoms. The fraction of sp³-hybridized carbons (Fsp3) is 0.350. The first-order chi connectivity index (χ1) is 12.3. The molecule has 0 saturated heterocycles. The molecule has 1 aliphatic heterocycles. The second-order valence-corrected chi connectivity index (χ2v) is 6.82. The standard InChI is InChI=1S/C20H19ClF3NO/c1-3-13-9-14(4-2)11-16(10-13)19(20(22,23)24)12-18(25-26-19)15-5-7-17(21)8-6-15/h5-11H,3-4,12H2,1-2H3. The lowest BCUT2D eigenvalue weighted by Crippen LogP contribution is -2.42. The number of benzene rings is 2. The summed E-state index contributed by atoms with van der Waals surface area (Å²) in [5, 5.41) is 4.31. The molecular formula is C20H19ClF3NO. The molecule has 1 atom stereocenters. The van der Waals surface area contributed by atoms with Crippen LogP contribution in [0, 0.1) is 0 Å². The van der Waals surface area contributed by atoms with Crippen LogP contribution in [0.4, 0.5) is 13.2 Å². The van der Waals surface area contributed by atoms with Crippen molar-refractivity contribution in [2.24, 2.45) is 5.16 Å². The van der Waals surface area contributed by atoms with Gasteiger partial charge in [0.2, 0.25) is 0 Å². The highest BCUT2D eigenvalue weighted by Gasteiger charge is 2.62. The topological polar surface area (TPSA) is 21.6 Å². The minimum Gasteiger partial charge on any atom is -0.374 e. The Hall–Kier alpha value is -2.01. The molecule has 3 rings (SSSR count). The van der Waals surface area contributed by atoms with E-state index >= 15 is 0 Å². The zero-order valence-electron chi connectivity index (χ0n) is 14.5. The zero-order valence-corrected chi connectivity index (χ0v) is 15.3. The molecule has 26 heavy (non-hydrogen) atoms. The van der Waals surface area contributed by atoms with Crippen molar-refractivity contribution in [2.45, 2.75) is 44.9 Å². The van der Waals surface area contributed by atoms with Crippen molar-refractivity contribution in [3.05, 3.63) is 69.7 Å². The number of aryl methyl sites for hydroxylation is 2. The van der Waals surface area contributed by atoms with E-state index in [1.54, 1.807) is 36.4 Å². The molecule has 2 nitrogen and oxygen atoms in total. The number of oxime groups is 1. The summed E-state index contributed by atoms with van der Waals surface area (Å²) in [6, 6.07) is 11.6. The lowest BCUT2D eigenvalue weighted by Gasteiger charge is -2.30. The Bertz CT molecular complexity index is 808. The highest BCUT2D eigenvalue weighted by molar-refractivity contribution is 6.30. The van der Waals surface area contributed by atoms with Crippen LogP contribution >= 0.6 is 11.6 Å². The van der Waals surface area contributed by atoms with Gasteiger partial charge in [-0.3, -0.25) is 0 Å². The van der Waals surface area contributed by atoms with Crippen LogP contribution in [0.15, 0.2) is 47.6 Å². The summed E-state index contributed by atoms with van der Waals surface area (Å²) < 4.78 is 42.3. The summed E-state index contributed by atoms with van der Waals surface area (Å²) >= 11 is 5.86. The Morgan fingerprint density at radius 2 is 1.62 bits per heavy atom. The summed E-state index contributed by atoms with van der Waals surface area (Å²) in [5.41, 5.74) is 0.186. The highest BCUT2D eigenvalue weighted by atomic mass is 35.5. The van der Waals surface area contributed by atoms with E-state index in [4.69, 9.17) is 16.4 Å². The average molecular weight is 382 g/mol. The second-order valence-electron chi connectivity index (χ2n) is 6.38. The monoisotopic (exact) mass is 381 g/mol. The minimum atomic E-state index is -4.60. The van der Waals surface area contributed by atoms with E-state index in [0.717, 1.165) is 11.1 Å². The normalized spacial score (nSPS) is 20.0. The molecule has 2 aromatic rings. The summed E-state index contributed by atoms with van der Waals surface area (Å²) in [5.74, 6) is 0. The van der Waals surface area contributed by atoms with Gasteiger partial charge in [-0.25, -0.2) is 0 Å². The maximum Gasteiger partial charge on any atom is 0.435 e. The highest BCUT2D eigenvalue weighted by Crippen LogP contribution is 2.49. The lowest BCUT2D eigenvalue weighted by molar-refractivity contribution is -0.275. The Balaban J connectivity index is 2.05. The SMILES string of the molecule is CCc1cc(CC)cc(C2(C(F)(F)F)CC(c3ccc(Cl)cc3)=NO2)c1. The maximum absolute atomic E-state index is 14.1. The van der Waals surface area contributed by atoms with E-state index in [-0.39, 0.29) is 17.7 Å². The van der Waals surface area contributed by atoms with Crippen LogP contribution in [0.3, 0.4) is 0 Å². The molecule has 0 radical (unpaired) electrons. The summed E-state index contributed by atoms with van der Waals surface area (Å²) in [6.45, 7) is 3.84. The quantitative estimate of drug-likeness (QED) is 0.632. The van der Waals surface area contributed by atoms with E-state index in [1.807, 2.05) is 19.9 Å². The molecule has 6 heteroatoms. The van der Waals surface area contributed by atoms with Crippen molar-refractivity contribution in [3.63, 3.8) is 0 Å². The Kier molecular flexibility index (Phi) is 5.02. The van der Waals surface area contributed by atoms with Gasteiger partial charge in [-0.1, -0.05) is 60.9 Å². The molecule has 2 aromatic carbocycles. The molecule has 1 unspecified atom stereocenters. The van der Waals surface area contributed by atoms with Gasteiger partial charge in [-0.15, -0.1) is 0 Å². The van der Waals surface area contributed by atoms with Crippen LogP contribution in [0.2, 0.25) is 5.02 Å². The van der Waals surface area contributed by atoms with Crippen LogP contribution < -0.4 is 0 Å². The molecule has 1 heterocycles. The molecule has 0 amide bonds. The van der Waals surface area contributed by atoms with Crippen molar-refractivity contribution in [1.29, 1.82) is 0 Å². The van der Waals surface area contributed by atoms with E-state index in [0.29, 0.717) is 23.4 Å². The van der Waals surface area contributed by atoms with Gasteiger partial charge in [-0.2, -0.15) is 13.2 Å². The molecule has 1 aliphatic rings. The molecule has 0 aliphatic carbocycles. The molecule has 0 aromatic heterocycles. The van der Waals surface area contributed by atoms with Crippen LogP contribution in [-0.2, 0) is 23.3 Å². The molecule has 0 N–H and O–H groups in total. The number of alkyl halides is 3. The Morgan fingerprint density at radius 3 is 2.12 bits per heavy atom. The van der Waals surface area contributed by atoms with E-state index in [1.165, 1.54) is 0 Å². The maximum atomic E-state index is 14.1. The minimum absolute atomic E-state index is 0.105. The largest absolute Gasteiger partial charge is 0.435 e. The molecule has 138 valence electrons. The Labute approximate surface area is 155 Å². The van der Waals surface area contributed by atoms with Crippen LogP contribution in [0.25, 0.3) is 0 Å². The van der Waals surface area contributed by atoms with Crippen molar-refractivity contribution < 1.29 is 18.0 Å². The van der Waals surface area contributed by atoms with Gasteiger partial charge in [0.1, 0.15) is 0 Å². The number of rotatable bonds is 4. The van der Waals surface area contributed by atoms with E-state index < -0.39 is 11.8 Å². The van der Waals surface area contributed by atoms with Crippen LogP contribution in [0.1, 0.15) is 42.5 Å². The smallest absolute Gasteiger partial charge is 0.374 e. The molecule has 0 fully saturated rings. The van der Waals surface area contributed by atoms with Gasteiger partial charge in [0.15, 0.2) is 0 Å². The zero-order chi connectivity index (χ0) is 18.9. The number of nitrogens with zero attached hydrogens (tertiary/aromatic N) is 1. The summed E-state index contributed by atoms with van der Waals surface area (Å²) in [4.78, 5) is 5.12. The van der Waals surface area contributed by atoms with Crippen molar-refractivity contribution in [1.82, 2.24) is 0 Å². The van der Waals surface area contributed by atoms with Crippen molar-refractivity contribution in [2.75, 3.05) is 0 Å². The van der Waals surface area contributed by atoms with Crippen LogP contribution in [-0.4, -0.2) is 11.9 Å². The summed E-state index contributed by atoms with van der Waals surface area (Å²) in [6.07, 6.45) is -3.66. The van der Waals surface area contributed by atoms with Gasteiger partial charge in [0, 0.05) is 17.0 Å². The van der Waals surface area contributed by atoms with E-state index in [2.05, 4.69) is 5.16 Å². The number of halogens is 4. The summed E-state index contributed by atoms with van der Waals surface area (Å²) in [7, 11) is 0. The third-order valence-corrected chi connectivity index (χ3v) is 4.95. The fourth-order valence-corrected chi connectivity index (χ4v) is 3.23. The first-order valence-electron chi connectivity index (χ1n) is 8.50. The second kappa shape index (κ2) is 6.95. The number of hydrogen-bond acceptors (Lipinski definition) is 2. The molecular weight excluding hydrogens is 363 g/mol. The predicted molar refractivity (Wildman–Crippen MR) is 96.6 cm³/mol. The fourth-order valence-electron chi connectivity index (χ4n) is 3.10. The molecule has 0 saturated carbocycles. The lowest BCUT2D eigenvalue weighted by atomic mass is 9.84. The molecule has 0 spiro atoms. The van der Waals surface area contributed by atoms with E-state index in [9.17, 15) is 13.2 Å². The third-order valence-electron chi connectivity index (χ3n) is 4.70.